The molecule has 0 amide bonds. The summed E-state index contributed by atoms with van der Waals surface area (Å²) in [5.41, 5.74) is 0. The van der Waals surface area contributed by atoms with Crippen molar-refractivity contribution in [3.63, 3.8) is 0 Å². The Morgan fingerprint density at radius 2 is 2.17 bits per heavy atom. The molecule has 0 aliphatic heterocycles. The number of rotatable bonds is 3. The van der Waals surface area contributed by atoms with E-state index in [4.69, 9.17) is 5.26 Å². The minimum absolute atomic E-state index is 0.207. The van der Waals surface area contributed by atoms with Gasteiger partial charge in [0.2, 0.25) is 9.84 Å². The van der Waals surface area contributed by atoms with Gasteiger partial charge in [-0.15, -0.1) is 0 Å². The molecular weight excluding hydrogens is 260 g/mol. The molecule has 0 spiro atoms. The molecule has 1 saturated carbocycles. The van der Waals surface area contributed by atoms with Crippen LogP contribution in [0.4, 0.5) is 8.78 Å². The molecule has 96 valence electrons. The summed E-state index contributed by atoms with van der Waals surface area (Å²) in [6, 6.07) is 4.06. The highest BCUT2D eigenvalue weighted by molar-refractivity contribution is 7.93. The van der Waals surface area contributed by atoms with E-state index in [1.165, 1.54) is 0 Å². The summed E-state index contributed by atoms with van der Waals surface area (Å²) in [5, 5.41) is 9.07. The van der Waals surface area contributed by atoms with Gasteiger partial charge in [0.15, 0.2) is 4.75 Å². The molecule has 1 aliphatic carbocycles. The van der Waals surface area contributed by atoms with Gasteiger partial charge in [0.25, 0.3) is 0 Å². The van der Waals surface area contributed by atoms with E-state index in [0.29, 0.717) is 12.5 Å². The fraction of sp³-hybridized carbons (Fsp3) is 0.417. The maximum atomic E-state index is 13.5. The second-order valence-electron chi connectivity index (χ2n) is 4.39. The van der Waals surface area contributed by atoms with Gasteiger partial charge in [0, 0.05) is 6.07 Å². The summed E-state index contributed by atoms with van der Waals surface area (Å²) >= 11 is 0. The lowest BCUT2D eigenvalue weighted by Crippen LogP contribution is -2.25. The number of benzene rings is 1. The predicted molar refractivity (Wildman–Crippen MR) is 60.3 cm³/mol. The van der Waals surface area contributed by atoms with E-state index >= 15 is 0 Å². The standard InChI is InChI=1S/C12H11F2NO2S/c1-2-8-6-12(8,7-15)18(16,17)11-4-3-9(13)5-10(11)14/h3-5,8H,2,6H2,1H3. The van der Waals surface area contributed by atoms with Gasteiger partial charge < -0.3 is 0 Å². The van der Waals surface area contributed by atoms with Crippen molar-refractivity contribution in [2.75, 3.05) is 0 Å². The molecule has 1 aromatic carbocycles. The monoisotopic (exact) mass is 271 g/mol. The molecular formula is C12H11F2NO2S. The van der Waals surface area contributed by atoms with Crippen LogP contribution in [0.2, 0.25) is 0 Å². The predicted octanol–water partition coefficient (Wildman–Crippen LogP) is 2.43. The van der Waals surface area contributed by atoms with Crippen molar-refractivity contribution < 1.29 is 17.2 Å². The van der Waals surface area contributed by atoms with Crippen LogP contribution in [-0.2, 0) is 9.84 Å². The molecule has 2 rings (SSSR count). The Kier molecular flexibility index (Phi) is 2.90. The van der Waals surface area contributed by atoms with Gasteiger partial charge in [-0.2, -0.15) is 5.26 Å². The lowest BCUT2D eigenvalue weighted by molar-refractivity contribution is 0.543. The third kappa shape index (κ3) is 1.62. The maximum absolute atomic E-state index is 13.5. The SMILES string of the molecule is CCC1CC1(C#N)S(=O)(=O)c1ccc(F)cc1F. The van der Waals surface area contributed by atoms with Crippen molar-refractivity contribution in [1.29, 1.82) is 5.26 Å². The number of nitrogens with zero attached hydrogens (tertiary/aromatic N) is 1. The van der Waals surface area contributed by atoms with Crippen molar-refractivity contribution in [1.82, 2.24) is 0 Å². The van der Waals surface area contributed by atoms with Crippen molar-refractivity contribution >= 4 is 9.84 Å². The summed E-state index contributed by atoms with van der Waals surface area (Å²) in [5.74, 6) is -2.27. The lowest BCUT2D eigenvalue weighted by Gasteiger charge is -2.11. The number of halogens is 2. The smallest absolute Gasteiger partial charge is 0.200 e. The molecule has 0 N–H and O–H groups in total. The largest absolute Gasteiger partial charge is 0.222 e. The number of nitriles is 1. The molecule has 1 aromatic rings. The number of hydrogen-bond acceptors (Lipinski definition) is 3. The van der Waals surface area contributed by atoms with E-state index in [9.17, 15) is 17.2 Å². The zero-order valence-electron chi connectivity index (χ0n) is 9.65. The average Bonchev–Trinajstić information content (AvgIpc) is 3.03. The highest BCUT2D eigenvalue weighted by Crippen LogP contribution is 2.54. The van der Waals surface area contributed by atoms with Gasteiger partial charge in [-0.3, -0.25) is 0 Å². The Balaban J connectivity index is 2.54. The summed E-state index contributed by atoms with van der Waals surface area (Å²) in [6.45, 7) is 1.78. The zero-order valence-corrected chi connectivity index (χ0v) is 10.5. The number of sulfone groups is 1. The molecule has 0 bridgehead atoms. The van der Waals surface area contributed by atoms with Gasteiger partial charge in [0.05, 0.1) is 6.07 Å². The summed E-state index contributed by atoms with van der Waals surface area (Å²) in [6.07, 6.45) is 0.745. The Labute approximate surface area is 104 Å². The Hall–Kier alpha value is -1.48. The molecule has 2 unspecified atom stereocenters. The maximum Gasteiger partial charge on any atom is 0.200 e. The topological polar surface area (TPSA) is 57.9 Å². The molecule has 0 saturated heterocycles. The second-order valence-corrected chi connectivity index (χ2v) is 6.56. The van der Waals surface area contributed by atoms with E-state index in [1.807, 2.05) is 0 Å². The van der Waals surface area contributed by atoms with Crippen LogP contribution in [-0.4, -0.2) is 13.2 Å². The molecule has 1 fully saturated rings. The molecule has 2 atom stereocenters. The second kappa shape index (κ2) is 4.02. The fourth-order valence-corrected chi connectivity index (χ4v) is 4.30. The summed E-state index contributed by atoms with van der Waals surface area (Å²) in [4.78, 5) is -0.596. The summed E-state index contributed by atoms with van der Waals surface area (Å²) < 4.78 is 49.3. The van der Waals surface area contributed by atoms with Gasteiger partial charge in [0.1, 0.15) is 16.5 Å². The molecule has 0 heterocycles. The molecule has 6 heteroatoms. The first kappa shape index (κ1) is 13.0. The molecule has 1 aliphatic rings. The van der Waals surface area contributed by atoms with Crippen molar-refractivity contribution in [3.8, 4) is 6.07 Å². The number of hydrogen-bond donors (Lipinski definition) is 0. The quantitative estimate of drug-likeness (QED) is 0.793. The minimum atomic E-state index is -4.09. The van der Waals surface area contributed by atoms with Crippen LogP contribution in [0.5, 0.6) is 0 Å². The van der Waals surface area contributed by atoms with Gasteiger partial charge in [-0.25, -0.2) is 17.2 Å². The Morgan fingerprint density at radius 3 is 2.61 bits per heavy atom. The van der Waals surface area contributed by atoms with Gasteiger partial charge in [-0.05, 0) is 24.5 Å². The first-order valence-corrected chi connectivity index (χ1v) is 6.98. The Morgan fingerprint density at radius 1 is 1.50 bits per heavy atom. The van der Waals surface area contributed by atoms with Crippen molar-refractivity contribution in [2.45, 2.75) is 29.4 Å². The van der Waals surface area contributed by atoms with Crippen LogP contribution < -0.4 is 0 Å². The molecule has 0 radical (unpaired) electrons. The highest BCUT2D eigenvalue weighted by Gasteiger charge is 2.64. The molecule has 3 nitrogen and oxygen atoms in total. The van der Waals surface area contributed by atoms with Crippen LogP contribution in [0.3, 0.4) is 0 Å². The van der Waals surface area contributed by atoms with Crippen LogP contribution in [0.1, 0.15) is 19.8 Å². The highest BCUT2D eigenvalue weighted by atomic mass is 32.2. The lowest BCUT2D eigenvalue weighted by atomic mass is 10.3. The van der Waals surface area contributed by atoms with E-state index in [-0.39, 0.29) is 12.3 Å². The van der Waals surface area contributed by atoms with Crippen molar-refractivity contribution in [3.05, 3.63) is 29.8 Å². The van der Waals surface area contributed by atoms with E-state index in [0.717, 1.165) is 12.1 Å². The van der Waals surface area contributed by atoms with E-state index in [1.54, 1.807) is 13.0 Å². The van der Waals surface area contributed by atoms with Crippen LogP contribution in [0, 0.1) is 28.9 Å². The van der Waals surface area contributed by atoms with Crippen molar-refractivity contribution in [2.24, 2.45) is 5.92 Å². The molecule has 18 heavy (non-hydrogen) atoms. The van der Waals surface area contributed by atoms with Gasteiger partial charge >= 0.3 is 0 Å². The Bertz CT molecular complexity index is 636. The third-order valence-electron chi connectivity index (χ3n) is 3.39. The van der Waals surface area contributed by atoms with Crippen LogP contribution in [0.25, 0.3) is 0 Å². The first-order chi connectivity index (χ1) is 8.39. The minimum Gasteiger partial charge on any atom is -0.222 e. The average molecular weight is 271 g/mol. The first-order valence-electron chi connectivity index (χ1n) is 5.50. The van der Waals surface area contributed by atoms with Crippen LogP contribution >= 0.6 is 0 Å². The zero-order chi connectivity index (χ0) is 13.6. The van der Waals surface area contributed by atoms with E-state index < -0.39 is 31.1 Å². The normalized spacial score (nSPS) is 26.7. The van der Waals surface area contributed by atoms with Crippen LogP contribution in [0.15, 0.2) is 23.1 Å². The van der Waals surface area contributed by atoms with Gasteiger partial charge in [-0.1, -0.05) is 13.3 Å². The summed E-state index contributed by atoms with van der Waals surface area (Å²) in [7, 11) is -4.09. The molecule has 0 aromatic heterocycles. The third-order valence-corrected chi connectivity index (χ3v) is 5.85. The fourth-order valence-electron chi connectivity index (χ4n) is 2.20. The van der Waals surface area contributed by atoms with E-state index in [2.05, 4.69) is 0 Å².